The predicted molar refractivity (Wildman–Crippen MR) is 124 cm³/mol. The Morgan fingerprint density at radius 2 is 1.73 bits per heavy atom. The highest BCUT2D eigenvalue weighted by molar-refractivity contribution is 5.90. The summed E-state index contributed by atoms with van der Waals surface area (Å²) in [4.78, 5) is 25.2. The molecular formula is C24H25N5O4. The lowest BCUT2D eigenvalue weighted by Crippen LogP contribution is -2.20. The summed E-state index contributed by atoms with van der Waals surface area (Å²) in [5.41, 5.74) is 1.40. The van der Waals surface area contributed by atoms with Gasteiger partial charge in [0, 0.05) is 36.6 Å². The van der Waals surface area contributed by atoms with Gasteiger partial charge in [-0.05, 0) is 61.9 Å². The smallest absolute Gasteiger partial charge is 0.300 e. The molecule has 9 nitrogen and oxygen atoms in total. The second kappa shape index (κ2) is 9.99. The number of hydrogen-bond donors (Lipinski definition) is 1. The third-order valence-corrected chi connectivity index (χ3v) is 5.15. The number of methoxy groups -OCH3 is 1. The fourth-order valence-electron chi connectivity index (χ4n) is 3.48. The van der Waals surface area contributed by atoms with Crippen molar-refractivity contribution in [3.8, 4) is 17.2 Å². The number of carbonyl (C=O) groups is 1. The van der Waals surface area contributed by atoms with Gasteiger partial charge in [-0.2, -0.15) is 0 Å². The van der Waals surface area contributed by atoms with Crippen LogP contribution < -0.4 is 20.3 Å². The average molecular weight is 447 g/mol. The molecular weight excluding hydrogens is 422 g/mol. The average Bonchev–Trinajstić information content (AvgIpc) is 3.25. The van der Waals surface area contributed by atoms with Gasteiger partial charge in [-0.3, -0.25) is 18.6 Å². The van der Waals surface area contributed by atoms with Gasteiger partial charge in [0.2, 0.25) is 11.6 Å². The molecule has 0 saturated heterocycles. The van der Waals surface area contributed by atoms with Gasteiger partial charge < -0.3 is 14.8 Å². The zero-order valence-electron chi connectivity index (χ0n) is 18.5. The van der Waals surface area contributed by atoms with Crippen LogP contribution in [0, 0.1) is 0 Å². The predicted octanol–water partition coefficient (Wildman–Crippen LogP) is 3.25. The van der Waals surface area contributed by atoms with Crippen LogP contribution >= 0.6 is 0 Å². The zero-order valence-corrected chi connectivity index (χ0v) is 18.5. The van der Waals surface area contributed by atoms with Gasteiger partial charge in [-0.1, -0.05) is 0 Å². The molecule has 0 radical (unpaired) electrons. The Bertz CT molecular complexity index is 1290. The number of ether oxygens (including phenoxy) is 2. The Labute approximate surface area is 190 Å². The van der Waals surface area contributed by atoms with Crippen molar-refractivity contribution in [3.63, 3.8) is 0 Å². The number of aromatic nitrogens is 4. The molecule has 0 saturated carbocycles. The maximum Gasteiger partial charge on any atom is 0.300 e. The topological polar surface area (TPSA) is 99.8 Å². The molecule has 0 fully saturated rings. The van der Waals surface area contributed by atoms with Crippen LogP contribution in [0.25, 0.3) is 11.3 Å². The number of hydrogen-bond acceptors (Lipinski definition) is 6. The van der Waals surface area contributed by atoms with E-state index in [4.69, 9.17) is 9.47 Å². The molecule has 0 aliphatic carbocycles. The number of amides is 1. The van der Waals surface area contributed by atoms with E-state index in [0.29, 0.717) is 43.1 Å². The normalized spacial score (nSPS) is 10.8. The highest BCUT2D eigenvalue weighted by Gasteiger charge is 2.12. The van der Waals surface area contributed by atoms with E-state index in [1.54, 1.807) is 48.2 Å². The summed E-state index contributed by atoms with van der Waals surface area (Å²) in [6, 6.07) is 14.4. The van der Waals surface area contributed by atoms with Crippen molar-refractivity contribution >= 4 is 17.2 Å². The molecule has 2 aromatic carbocycles. The number of fused-ring (bicyclic) bond motifs is 1. The fourth-order valence-corrected chi connectivity index (χ4v) is 3.48. The molecule has 0 atom stereocenters. The van der Waals surface area contributed by atoms with Gasteiger partial charge in [0.25, 0.3) is 0 Å². The lowest BCUT2D eigenvalue weighted by molar-refractivity contribution is -0.116. The lowest BCUT2D eigenvalue weighted by Gasteiger charge is -2.08. The molecule has 170 valence electrons. The van der Waals surface area contributed by atoms with Crippen LogP contribution in [0.5, 0.6) is 11.5 Å². The summed E-state index contributed by atoms with van der Waals surface area (Å²) in [5, 5.41) is 11.1. The summed E-state index contributed by atoms with van der Waals surface area (Å²) < 4.78 is 13.8. The van der Waals surface area contributed by atoms with E-state index < -0.39 is 0 Å². The second-order valence-corrected chi connectivity index (χ2v) is 7.34. The van der Waals surface area contributed by atoms with Crippen LogP contribution in [0.3, 0.4) is 0 Å². The molecule has 2 heterocycles. The van der Waals surface area contributed by atoms with Gasteiger partial charge in [-0.25, -0.2) is 0 Å². The van der Waals surface area contributed by atoms with Crippen molar-refractivity contribution in [2.75, 3.05) is 19.0 Å². The van der Waals surface area contributed by atoms with Crippen LogP contribution in [0.1, 0.15) is 25.6 Å². The lowest BCUT2D eigenvalue weighted by atomic mass is 10.2. The Balaban J connectivity index is 1.40. The summed E-state index contributed by atoms with van der Waals surface area (Å²) in [5.74, 6) is 2.02. The van der Waals surface area contributed by atoms with Gasteiger partial charge >= 0.3 is 5.56 Å². The van der Waals surface area contributed by atoms with Crippen molar-refractivity contribution in [1.29, 1.82) is 0 Å². The van der Waals surface area contributed by atoms with Crippen molar-refractivity contribution in [3.05, 3.63) is 77.1 Å². The largest absolute Gasteiger partial charge is 0.497 e. The van der Waals surface area contributed by atoms with Gasteiger partial charge in [0.15, 0.2) is 0 Å². The molecule has 0 aliphatic heterocycles. The number of nitrogens with zero attached hydrogens (tertiary/aromatic N) is 4. The number of nitrogens with one attached hydrogen (secondary N) is 1. The summed E-state index contributed by atoms with van der Waals surface area (Å²) in [6.07, 6.45) is 4.87. The molecule has 0 bridgehead atoms. The van der Waals surface area contributed by atoms with Crippen LogP contribution in [0.4, 0.5) is 5.69 Å². The molecule has 33 heavy (non-hydrogen) atoms. The van der Waals surface area contributed by atoms with Crippen molar-refractivity contribution < 1.29 is 14.3 Å². The molecule has 0 aliphatic rings. The number of benzene rings is 2. The molecule has 1 N–H and O–H groups in total. The third-order valence-electron chi connectivity index (χ3n) is 5.15. The first-order valence-electron chi connectivity index (χ1n) is 10.7. The third kappa shape index (κ3) is 5.03. The molecule has 4 rings (SSSR count). The SMILES string of the molecule is CCOc1ccc(-n2ccn3c(CCCC(=O)Nc4ccc(OC)cc4)nnc3c2=O)cc1. The summed E-state index contributed by atoms with van der Waals surface area (Å²) in [7, 11) is 1.59. The Morgan fingerprint density at radius 1 is 1.00 bits per heavy atom. The number of aryl methyl sites for hydroxylation is 1. The molecule has 0 unspecified atom stereocenters. The number of anilines is 1. The maximum absolute atomic E-state index is 12.9. The van der Waals surface area contributed by atoms with E-state index in [2.05, 4.69) is 15.5 Å². The van der Waals surface area contributed by atoms with Crippen molar-refractivity contribution in [1.82, 2.24) is 19.2 Å². The first-order valence-corrected chi connectivity index (χ1v) is 10.7. The highest BCUT2D eigenvalue weighted by atomic mass is 16.5. The zero-order chi connectivity index (χ0) is 23.2. The molecule has 9 heteroatoms. The van der Waals surface area contributed by atoms with Crippen LogP contribution in [-0.4, -0.2) is 38.8 Å². The highest BCUT2D eigenvalue weighted by Crippen LogP contribution is 2.16. The van der Waals surface area contributed by atoms with E-state index in [0.717, 1.165) is 11.5 Å². The first-order chi connectivity index (χ1) is 16.1. The Hall–Kier alpha value is -4.14. The van der Waals surface area contributed by atoms with Gasteiger partial charge in [0.1, 0.15) is 17.3 Å². The Morgan fingerprint density at radius 3 is 2.42 bits per heavy atom. The minimum atomic E-state index is -0.266. The van der Waals surface area contributed by atoms with Crippen molar-refractivity contribution in [2.24, 2.45) is 0 Å². The van der Waals surface area contributed by atoms with Crippen molar-refractivity contribution in [2.45, 2.75) is 26.2 Å². The van der Waals surface area contributed by atoms with E-state index >= 15 is 0 Å². The molecule has 4 aromatic rings. The first kappa shape index (κ1) is 22.1. The van der Waals surface area contributed by atoms with Gasteiger partial charge in [-0.15, -0.1) is 10.2 Å². The van der Waals surface area contributed by atoms with E-state index in [1.165, 1.54) is 4.57 Å². The standard InChI is InChI=1S/C24H25N5O4/c1-3-33-20-13-9-18(10-14-20)28-15-16-29-21(26-27-23(29)24(28)31)5-4-6-22(30)25-17-7-11-19(32-2)12-8-17/h7-16H,3-6H2,1-2H3,(H,25,30). The quantitative estimate of drug-likeness (QED) is 0.423. The Kier molecular flexibility index (Phi) is 6.68. The maximum atomic E-state index is 12.9. The number of carbonyl (C=O) groups excluding carboxylic acids is 1. The van der Waals surface area contributed by atoms with Gasteiger partial charge in [0.05, 0.1) is 13.7 Å². The molecule has 0 spiro atoms. The monoisotopic (exact) mass is 447 g/mol. The molecule has 2 aromatic heterocycles. The van der Waals surface area contributed by atoms with E-state index in [1.807, 2.05) is 31.2 Å². The molecule has 1 amide bonds. The minimum Gasteiger partial charge on any atom is -0.497 e. The summed E-state index contributed by atoms with van der Waals surface area (Å²) >= 11 is 0. The fraction of sp³-hybridized carbons (Fsp3) is 0.250. The van der Waals surface area contributed by atoms with Crippen LogP contribution in [0.2, 0.25) is 0 Å². The summed E-state index contributed by atoms with van der Waals surface area (Å²) in [6.45, 7) is 2.50. The second-order valence-electron chi connectivity index (χ2n) is 7.34. The number of rotatable bonds is 9. The van der Waals surface area contributed by atoms with Crippen LogP contribution in [0.15, 0.2) is 65.7 Å². The minimum absolute atomic E-state index is 0.0909. The van der Waals surface area contributed by atoms with E-state index in [9.17, 15) is 9.59 Å². The van der Waals surface area contributed by atoms with Crippen LogP contribution in [-0.2, 0) is 11.2 Å². The van der Waals surface area contributed by atoms with E-state index in [-0.39, 0.29) is 17.1 Å².